The average molecular weight is 322 g/mol. The number of benzene rings is 1. The number of furan rings is 1. The Labute approximate surface area is 123 Å². The smallest absolute Gasteiger partial charge is 0.105 e. The Kier molecular flexibility index (Phi) is 4.48. The van der Waals surface area contributed by atoms with Gasteiger partial charge in [0.2, 0.25) is 0 Å². The van der Waals surface area contributed by atoms with Crippen LogP contribution in [0.3, 0.4) is 0 Å². The van der Waals surface area contributed by atoms with E-state index in [-0.39, 0.29) is 6.04 Å². The van der Waals surface area contributed by atoms with Crippen LogP contribution >= 0.6 is 15.9 Å². The van der Waals surface area contributed by atoms with Crippen molar-refractivity contribution >= 4 is 15.9 Å². The normalized spacial score (nSPS) is 12.7. The maximum Gasteiger partial charge on any atom is 0.105 e. The Bertz CT molecular complexity index is 574. The SMILES string of the molecule is Cc1ccc(CNC(C)c2cc(C)oc2C)c(Br)c1. The van der Waals surface area contributed by atoms with Gasteiger partial charge in [0.05, 0.1) is 0 Å². The first-order chi connectivity index (χ1) is 8.97. The Morgan fingerprint density at radius 2 is 1.95 bits per heavy atom. The molecule has 1 atom stereocenters. The summed E-state index contributed by atoms with van der Waals surface area (Å²) in [6.45, 7) is 9.11. The van der Waals surface area contributed by atoms with Crippen LogP contribution in [-0.4, -0.2) is 0 Å². The van der Waals surface area contributed by atoms with Gasteiger partial charge in [0.25, 0.3) is 0 Å². The van der Waals surface area contributed by atoms with Crippen LogP contribution in [0.1, 0.15) is 41.2 Å². The van der Waals surface area contributed by atoms with E-state index in [9.17, 15) is 0 Å². The molecule has 0 saturated carbocycles. The summed E-state index contributed by atoms with van der Waals surface area (Å²) in [5.74, 6) is 1.97. The Hall–Kier alpha value is -1.06. The van der Waals surface area contributed by atoms with Crippen molar-refractivity contribution in [3.63, 3.8) is 0 Å². The van der Waals surface area contributed by atoms with E-state index < -0.39 is 0 Å². The molecule has 102 valence electrons. The van der Waals surface area contributed by atoms with Gasteiger partial charge in [-0.1, -0.05) is 28.1 Å². The van der Waals surface area contributed by atoms with E-state index in [1.165, 1.54) is 16.7 Å². The van der Waals surface area contributed by atoms with Crippen molar-refractivity contribution in [2.75, 3.05) is 0 Å². The van der Waals surface area contributed by atoms with Crippen molar-refractivity contribution in [3.8, 4) is 0 Å². The van der Waals surface area contributed by atoms with Gasteiger partial charge in [0, 0.05) is 22.6 Å². The van der Waals surface area contributed by atoms with Gasteiger partial charge in [-0.15, -0.1) is 0 Å². The summed E-state index contributed by atoms with van der Waals surface area (Å²) in [6.07, 6.45) is 0. The summed E-state index contributed by atoms with van der Waals surface area (Å²) in [7, 11) is 0. The van der Waals surface area contributed by atoms with Crippen LogP contribution in [-0.2, 0) is 6.54 Å². The van der Waals surface area contributed by atoms with Gasteiger partial charge in [0.1, 0.15) is 11.5 Å². The zero-order valence-electron chi connectivity index (χ0n) is 11.9. The zero-order valence-corrected chi connectivity index (χ0v) is 13.5. The molecule has 3 heteroatoms. The number of halogens is 1. The molecule has 1 aromatic carbocycles. The quantitative estimate of drug-likeness (QED) is 0.873. The fraction of sp³-hybridized carbons (Fsp3) is 0.375. The van der Waals surface area contributed by atoms with Crippen LogP contribution in [0, 0.1) is 20.8 Å². The third kappa shape index (κ3) is 3.48. The first kappa shape index (κ1) is 14.4. The summed E-state index contributed by atoms with van der Waals surface area (Å²) in [4.78, 5) is 0. The second-order valence-electron chi connectivity index (χ2n) is 5.07. The molecular weight excluding hydrogens is 302 g/mol. The average Bonchev–Trinajstić information content (AvgIpc) is 2.67. The van der Waals surface area contributed by atoms with E-state index >= 15 is 0 Å². The number of rotatable bonds is 4. The van der Waals surface area contributed by atoms with Crippen LogP contribution in [0.2, 0.25) is 0 Å². The van der Waals surface area contributed by atoms with E-state index in [1.54, 1.807) is 0 Å². The number of hydrogen-bond acceptors (Lipinski definition) is 2. The van der Waals surface area contributed by atoms with Crippen LogP contribution in [0.5, 0.6) is 0 Å². The molecule has 1 heterocycles. The third-order valence-corrected chi connectivity index (χ3v) is 4.09. The minimum absolute atomic E-state index is 0.283. The molecule has 0 aliphatic heterocycles. The van der Waals surface area contributed by atoms with E-state index in [4.69, 9.17) is 4.42 Å². The second kappa shape index (κ2) is 5.93. The largest absolute Gasteiger partial charge is 0.466 e. The van der Waals surface area contributed by atoms with Gasteiger partial charge in [-0.3, -0.25) is 0 Å². The molecule has 1 unspecified atom stereocenters. The van der Waals surface area contributed by atoms with Gasteiger partial charge in [-0.25, -0.2) is 0 Å². The highest BCUT2D eigenvalue weighted by Gasteiger charge is 2.12. The molecular formula is C16H20BrNO. The highest BCUT2D eigenvalue weighted by Crippen LogP contribution is 2.23. The van der Waals surface area contributed by atoms with Crippen molar-refractivity contribution in [1.29, 1.82) is 0 Å². The number of hydrogen-bond donors (Lipinski definition) is 1. The molecule has 2 rings (SSSR count). The maximum atomic E-state index is 5.58. The maximum absolute atomic E-state index is 5.58. The lowest BCUT2D eigenvalue weighted by molar-refractivity contribution is 0.489. The molecule has 1 N–H and O–H groups in total. The Morgan fingerprint density at radius 1 is 1.21 bits per heavy atom. The van der Waals surface area contributed by atoms with Gasteiger partial charge >= 0.3 is 0 Å². The minimum Gasteiger partial charge on any atom is -0.466 e. The van der Waals surface area contributed by atoms with Crippen LogP contribution in [0.15, 0.2) is 33.2 Å². The predicted molar refractivity (Wildman–Crippen MR) is 82.3 cm³/mol. The molecule has 2 nitrogen and oxygen atoms in total. The van der Waals surface area contributed by atoms with Crippen LogP contribution in [0.25, 0.3) is 0 Å². The molecule has 0 fully saturated rings. The molecule has 0 amide bonds. The van der Waals surface area contributed by atoms with Crippen molar-refractivity contribution in [2.24, 2.45) is 0 Å². The van der Waals surface area contributed by atoms with Gasteiger partial charge in [-0.05, 0) is 51.0 Å². The number of nitrogens with one attached hydrogen (secondary N) is 1. The summed E-state index contributed by atoms with van der Waals surface area (Å²) in [5, 5.41) is 3.54. The molecule has 2 aromatic rings. The Balaban J connectivity index is 2.04. The fourth-order valence-electron chi connectivity index (χ4n) is 2.25. The standard InChI is InChI=1S/C16H20BrNO/c1-10-5-6-14(16(17)7-10)9-18-12(3)15-8-11(2)19-13(15)4/h5-8,12,18H,9H2,1-4H3. The minimum atomic E-state index is 0.283. The first-order valence-corrected chi connectivity index (χ1v) is 7.32. The van der Waals surface area contributed by atoms with Crippen molar-refractivity contribution in [2.45, 2.75) is 40.3 Å². The molecule has 1 aromatic heterocycles. The van der Waals surface area contributed by atoms with Crippen LogP contribution in [0.4, 0.5) is 0 Å². The lowest BCUT2D eigenvalue weighted by Gasteiger charge is -2.14. The predicted octanol–water partition coefficient (Wildman–Crippen LogP) is 4.82. The number of aryl methyl sites for hydroxylation is 3. The molecule has 0 saturated heterocycles. The highest BCUT2D eigenvalue weighted by molar-refractivity contribution is 9.10. The van der Waals surface area contributed by atoms with Gasteiger partial charge < -0.3 is 9.73 Å². The van der Waals surface area contributed by atoms with E-state index in [1.807, 2.05) is 13.8 Å². The monoisotopic (exact) mass is 321 g/mol. The summed E-state index contributed by atoms with van der Waals surface area (Å²) < 4.78 is 6.74. The van der Waals surface area contributed by atoms with Gasteiger partial charge in [0.15, 0.2) is 0 Å². The molecule has 19 heavy (non-hydrogen) atoms. The van der Waals surface area contributed by atoms with Crippen LogP contribution < -0.4 is 5.32 Å². The highest BCUT2D eigenvalue weighted by atomic mass is 79.9. The van der Waals surface area contributed by atoms with Crippen molar-refractivity contribution in [3.05, 3.63) is 56.9 Å². The third-order valence-electron chi connectivity index (χ3n) is 3.35. The topological polar surface area (TPSA) is 25.2 Å². The molecule has 0 bridgehead atoms. The van der Waals surface area contributed by atoms with Gasteiger partial charge in [-0.2, -0.15) is 0 Å². The van der Waals surface area contributed by atoms with Crippen molar-refractivity contribution in [1.82, 2.24) is 5.32 Å². The molecule has 0 radical (unpaired) electrons. The van der Waals surface area contributed by atoms with E-state index in [2.05, 4.69) is 59.4 Å². The molecule has 0 aliphatic carbocycles. The summed E-state index contributed by atoms with van der Waals surface area (Å²) in [6, 6.07) is 8.84. The van der Waals surface area contributed by atoms with E-state index in [0.29, 0.717) is 0 Å². The molecule has 0 spiro atoms. The first-order valence-electron chi connectivity index (χ1n) is 6.52. The summed E-state index contributed by atoms with van der Waals surface area (Å²) >= 11 is 3.61. The lowest BCUT2D eigenvalue weighted by atomic mass is 10.1. The Morgan fingerprint density at radius 3 is 2.53 bits per heavy atom. The lowest BCUT2D eigenvalue weighted by Crippen LogP contribution is -2.18. The molecule has 0 aliphatic rings. The van der Waals surface area contributed by atoms with E-state index in [0.717, 1.165) is 22.5 Å². The summed E-state index contributed by atoms with van der Waals surface area (Å²) in [5.41, 5.74) is 3.78. The fourth-order valence-corrected chi connectivity index (χ4v) is 2.88. The van der Waals surface area contributed by atoms with Crippen molar-refractivity contribution < 1.29 is 4.42 Å². The zero-order chi connectivity index (χ0) is 14.0. The second-order valence-corrected chi connectivity index (χ2v) is 5.92.